The van der Waals surface area contributed by atoms with E-state index >= 15 is 0 Å². The van der Waals surface area contributed by atoms with Crippen molar-refractivity contribution < 1.29 is 14.6 Å². The first kappa shape index (κ1) is 24.6. The lowest BCUT2D eigenvalue weighted by molar-refractivity contribution is 0.103. The Morgan fingerprint density at radius 1 is 1.22 bits per heavy atom. The molecule has 0 radical (unpaired) electrons. The molecule has 1 aliphatic rings. The maximum Gasteiger partial charge on any atom is 0.225 e. The van der Waals surface area contributed by atoms with Crippen molar-refractivity contribution in [3.05, 3.63) is 47.3 Å². The third kappa shape index (κ3) is 4.68. The molecule has 4 N–H and O–H groups in total. The number of furan rings is 1. The van der Waals surface area contributed by atoms with Gasteiger partial charge in [0.15, 0.2) is 0 Å². The van der Waals surface area contributed by atoms with Crippen LogP contribution in [-0.2, 0) is 13.0 Å². The van der Waals surface area contributed by atoms with E-state index in [0.717, 1.165) is 50.0 Å². The number of thiazole rings is 1. The Morgan fingerprint density at radius 3 is 2.75 bits per heavy atom. The van der Waals surface area contributed by atoms with Gasteiger partial charge >= 0.3 is 0 Å². The Morgan fingerprint density at radius 2 is 2.06 bits per heavy atom. The van der Waals surface area contributed by atoms with Crippen LogP contribution in [0.3, 0.4) is 0 Å². The molecule has 0 spiro atoms. The van der Waals surface area contributed by atoms with E-state index in [2.05, 4.69) is 22.5 Å². The molecule has 0 aromatic carbocycles. The lowest BCUT2D eigenvalue weighted by Gasteiger charge is -2.21. The summed E-state index contributed by atoms with van der Waals surface area (Å²) in [5, 5.41) is 28.2. The van der Waals surface area contributed by atoms with E-state index in [-0.39, 0.29) is 24.5 Å². The highest BCUT2D eigenvalue weighted by Crippen LogP contribution is 2.39. The third-order valence-electron chi connectivity index (χ3n) is 7.11. The number of aromatic nitrogens is 4. The molecule has 4 aromatic heterocycles. The molecule has 190 valence electrons. The van der Waals surface area contributed by atoms with E-state index in [1.165, 1.54) is 0 Å². The first-order chi connectivity index (χ1) is 17.4. The summed E-state index contributed by atoms with van der Waals surface area (Å²) in [6.07, 6.45) is 4.40. The predicted molar refractivity (Wildman–Crippen MR) is 141 cm³/mol. The zero-order chi connectivity index (χ0) is 25.4. The van der Waals surface area contributed by atoms with Crippen molar-refractivity contribution in [3.63, 3.8) is 0 Å². The highest BCUT2D eigenvalue weighted by Gasteiger charge is 2.40. The van der Waals surface area contributed by atoms with E-state index in [9.17, 15) is 10.2 Å². The SMILES string of the molecule is CCc1oc(CNc2nc(C)c(-c3nc4cnccc4s3)c(NC3CC(CO)C(C)C3O)n2)cc1C. The Labute approximate surface area is 214 Å². The van der Waals surface area contributed by atoms with Gasteiger partial charge in [-0.1, -0.05) is 13.8 Å². The van der Waals surface area contributed by atoms with Gasteiger partial charge in [0.25, 0.3) is 0 Å². The van der Waals surface area contributed by atoms with Crippen LogP contribution < -0.4 is 10.6 Å². The molecule has 36 heavy (non-hydrogen) atoms. The number of aryl methyl sites for hydroxylation is 3. The number of hydrogen-bond acceptors (Lipinski definition) is 10. The monoisotopic (exact) mass is 508 g/mol. The van der Waals surface area contributed by atoms with E-state index < -0.39 is 6.10 Å². The molecular formula is C26H32N6O3S. The molecule has 1 aliphatic carbocycles. The number of nitrogens with zero attached hydrogens (tertiary/aromatic N) is 4. The fraction of sp³-hybridized carbons (Fsp3) is 0.462. The molecule has 0 aliphatic heterocycles. The Hall–Kier alpha value is -3.08. The summed E-state index contributed by atoms with van der Waals surface area (Å²) in [4.78, 5) is 18.5. The van der Waals surface area contributed by atoms with Crippen molar-refractivity contribution in [3.8, 4) is 10.6 Å². The number of pyridine rings is 1. The van der Waals surface area contributed by atoms with E-state index in [0.29, 0.717) is 24.7 Å². The summed E-state index contributed by atoms with van der Waals surface area (Å²) in [6.45, 7) is 8.54. The van der Waals surface area contributed by atoms with Crippen LogP contribution in [0, 0.1) is 25.7 Å². The van der Waals surface area contributed by atoms with Crippen molar-refractivity contribution in [1.29, 1.82) is 0 Å². The van der Waals surface area contributed by atoms with Crippen LogP contribution >= 0.6 is 11.3 Å². The van der Waals surface area contributed by atoms with Crippen LogP contribution in [0.15, 0.2) is 28.9 Å². The van der Waals surface area contributed by atoms with Crippen LogP contribution in [0.2, 0.25) is 0 Å². The number of anilines is 2. The maximum atomic E-state index is 10.9. The minimum absolute atomic E-state index is 0.0139. The molecule has 4 heterocycles. The third-order valence-corrected chi connectivity index (χ3v) is 8.17. The second-order valence-electron chi connectivity index (χ2n) is 9.52. The largest absolute Gasteiger partial charge is 0.464 e. The molecule has 10 heteroatoms. The fourth-order valence-electron chi connectivity index (χ4n) is 4.98. The Bertz CT molecular complexity index is 1340. The molecule has 4 unspecified atom stereocenters. The van der Waals surface area contributed by atoms with Gasteiger partial charge in [0.05, 0.1) is 40.8 Å². The van der Waals surface area contributed by atoms with Gasteiger partial charge in [-0.3, -0.25) is 4.98 Å². The van der Waals surface area contributed by atoms with E-state index in [1.807, 2.05) is 32.9 Å². The molecule has 0 amide bonds. The highest BCUT2D eigenvalue weighted by atomic mass is 32.1. The minimum atomic E-state index is -0.597. The van der Waals surface area contributed by atoms with Crippen LogP contribution in [-0.4, -0.2) is 48.9 Å². The minimum Gasteiger partial charge on any atom is -0.464 e. The molecule has 0 saturated heterocycles. The van der Waals surface area contributed by atoms with Gasteiger partial charge < -0.3 is 25.3 Å². The van der Waals surface area contributed by atoms with Gasteiger partial charge in [-0.05, 0) is 49.8 Å². The summed E-state index contributed by atoms with van der Waals surface area (Å²) >= 11 is 1.56. The summed E-state index contributed by atoms with van der Waals surface area (Å²) in [6, 6.07) is 3.74. The van der Waals surface area contributed by atoms with E-state index in [4.69, 9.17) is 19.4 Å². The predicted octanol–water partition coefficient (Wildman–Crippen LogP) is 4.32. The number of hydrogen-bond donors (Lipinski definition) is 4. The number of aliphatic hydroxyl groups excluding tert-OH is 2. The van der Waals surface area contributed by atoms with Crippen LogP contribution in [0.5, 0.6) is 0 Å². The quantitative estimate of drug-likeness (QED) is 0.275. The summed E-state index contributed by atoms with van der Waals surface area (Å²) in [5.41, 5.74) is 3.53. The Balaban J connectivity index is 1.49. The van der Waals surface area contributed by atoms with Crippen LogP contribution in [0.4, 0.5) is 11.8 Å². The second-order valence-corrected chi connectivity index (χ2v) is 10.6. The zero-order valence-corrected chi connectivity index (χ0v) is 21.8. The summed E-state index contributed by atoms with van der Waals surface area (Å²) < 4.78 is 6.96. The molecular weight excluding hydrogens is 476 g/mol. The molecule has 5 rings (SSSR count). The average molecular weight is 509 g/mol. The second kappa shape index (κ2) is 10.1. The molecule has 0 bridgehead atoms. The normalized spacial score (nSPS) is 21.8. The van der Waals surface area contributed by atoms with Gasteiger partial charge in [0, 0.05) is 19.2 Å². The van der Waals surface area contributed by atoms with Crippen molar-refractivity contribution in [2.45, 2.75) is 59.2 Å². The van der Waals surface area contributed by atoms with Crippen molar-refractivity contribution in [2.75, 3.05) is 17.2 Å². The van der Waals surface area contributed by atoms with Crippen molar-refractivity contribution >= 4 is 33.3 Å². The lowest BCUT2D eigenvalue weighted by Crippen LogP contribution is -2.32. The highest BCUT2D eigenvalue weighted by molar-refractivity contribution is 7.21. The summed E-state index contributed by atoms with van der Waals surface area (Å²) in [7, 11) is 0. The van der Waals surface area contributed by atoms with Gasteiger partial charge in [0.2, 0.25) is 5.95 Å². The van der Waals surface area contributed by atoms with Crippen LogP contribution in [0.1, 0.15) is 43.0 Å². The molecule has 4 atom stereocenters. The number of aliphatic hydroxyl groups is 2. The molecule has 1 saturated carbocycles. The molecule has 9 nitrogen and oxygen atoms in total. The van der Waals surface area contributed by atoms with Crippen molar-refractivity contribution in [1.82, 2.24) is 19.9 Å². The van der Waals surface area contributed by atoms with Gasteiger partial charge in [-0.25, -0.2) is 9.97 Å². The fourth-order valence-corrected chi connectivity index (χ4v) is 6.01. The number of nitrogens with one attached hydrogen (secondary N) is 2. The van der Waals surface area contributed by atoms with Gasteiger partial charge in [0.1, 0.15) is 27.9 Å². The average Bonchev–Trinajstić information content (AvgIpc) is 3.53. The molecule has 1 fully saturated rings. The van der Waals surface area contributed by atoms with Crippen molar-refractivity contribution in [2.24, 2.45) is 11.8 Å². The summed E-state index contributed by atoms with van der Waals surface area (Å²) in [5.74, 6) is 2.90. The lowest BCUT2D eigenvalue weighted by atomic mass is 9.98. The first-order valence-electron chi connectivity index (χ1n) is 12.3. The topological polar surface area (TPSA) is 129 Å². The maximum absolute atomic E-state index is 10.9. The molecule has 4 aromatic rings. The Kier molecular flexibility index (Phi) is 6.92. The number of rotatable bonds is 8. The zero-order valence-electron chi connectivity index (χ0n) is 20.9. The smallest absolute Gasteiger partial charge is 0.225 e. The standard InChI is InChI=1S/C26H32N6O3S/c1-5-20-13(2)8-17(35-20)10-28-26-29-15(4)22(25-31-19-11-27-7-6-21(19)36-25)24(32-26)30-18-9-16(12-33)14(3)23(18)34/h6-8,11,14,16,18,23,33-34H,5,9-10,12H2,1-4H3,(H2,28,29,30,32). The van der Waals surface area contributed by atoms with Crippen LogP contribution in [0.25, 0.3) is 20.8 Å². The van der Waals surface area contributed by atoms with Gasteiger partial charge in [-0.15, -0.1) is 11.3 Å². The van der Waals surface area contributed by atoms with E-state index in [1.54, 1.807) is 23.7 Å². The van der Waals surface area contributed by atoms with Gasteiger partial charge in [-0.2, -0.15) is 4.98 Å². The number of fused-ring (bicyclic) bond motifs is 1. The first-order valence-corrected chi connectivity index (χ1v) is 13.2.